The zero-order valence-corrected chi connectivity index (χ0v) is 12.5. The third-order valence-electron chi connectivity index (χ3n) is 2.64. The average Bonchev–Trinajstić information content (AvgIpc) is 2.09. The lowest BCUT2D eigenvalue weighted by molar-refractivity contribution is -0.0291. The van der Waals surface area contributed by atoms with Crippen LogP contribution in [0.2, 0.25) is 0 Å². The predicted molar refractivity (Wildman–Crippen MR) is 71.8 cm³/mol. The van der Waals surface area contributed by atoms with Gasteiger partial charge in [0, 0.05) is 24.7 Å². The Labute approximate surface area is 106 Å². The smallest absolute Gasteiger partial charge is 0.147 e. The Morgan fingerprint density at radius 2 is 1.82 bits per heavy atom. The molecule has 0 aliphatic carbocycles. The molecule has 0 aliphatic heterocycles. The van der Waals surface area contributed by atoms with Gasteiger partial charge in [-0.1, -0.05) is 20.8 Å². The lowest BCUT2D eigenvalue weighted by Crippen LogP contribution is -2.45. The van der Waals surface area contributed by atoms with Crippen LogP contribution in [-0.2, 0) is 14.6 Å². The Balaban J connectivity index is 4.29. The molecule has 0 rings (SSSR count). The molecule has 17 heavy (non-hydrogen) atoms. The summed E-state index contributed by atoms with van der Waals surface area (Å²) in [5, 5.41) is 0. The molecule has 5 heteroatoms. The summed E-state index contributed by atoms with van der Waals surface area (Å²) in [6.45, 7) is 8.83. The van der Waals surface area contributed by atoms with E-state index in [4.69, 9.17) is 10.5 Å². The van der Waals surface area contributed by atoms with E-state index < -0.39 is 9.84 Å². The van der Waals surface area contributed by atoms with Crippen molar-refractivity contribution >= 4 is 9.84 Å². The first-order valence-corrected chi connectivity index (χ1v) is 8.19. The van der Waals surface area contributed by atoms with E-state index in [1.165, 1.54) is 6.26 Å². The SMILES string of the molecule is CCOC(C(N)CCCS(C)(=O)=O)C(C)(C)C. The molecule has 0 fully saturated rings. The fraction of sp³-hybridized carbons (Fsp3) is 1.00. The second-order valence-corrected chi connectivity index (χ2v) is 7.94. The van der Waals surface area contributed by atoms with E-state index in [-0.39, 0.29) is 23.3 Å². The molecular formula is C12H27NO3S. The minimum absolute atomic E-state index is 0.0273. The van der Waals surface area contributed by atoms with E-state index in [1.54, 1.807) is 0 Å². The van der Waals surface area contributed by atoms with Crippen molar-refractivity contribution in [1.82, 2.24) is 0 Å². The average molecular weight is 265 g/mol. The van der Waals surface area contributed by atoms with Crippen LogP contribution >= 0.6 is 0 Å². The van der Waals surface area contributed by atoms with Crippen molar-refractivity contribution in [2.75, 3.05) is 18.6 Å². The molecule has 0 radical (unpaired) electrons. The van der Waals surface area contributed by atoms with Gasteiger partial charge in [0.15, 0.2) is 0 Å². The Kier molecular flexibility index (Phi) is 6.66. The lowest BCUT2D eigenvalue weighted by atomic mass is 9.83. The van der Waals surface area contributed by atoms with Crippen LogP contribution in [0.1, 0.15) is 40.5 Å². The normalized spacial score (nSPS) is 16.8. The zero-order valence-electron chi connectivity index (χ0n) is 11.7. The molecule has 0 aromatic carbocycles. The van der Waals surface area contributed by atoms with E-state index >= 15 is 0 Å². The van der Waals surface area contributed by atoms with E-state index in [1.807, 2.05) is 6.92 Å². The highest BCUT2D eigenvalue weighted by Gasteiger charge is 2.30. The summed E-state index contributed by atoms with van der Waals surface area (Å²) in [6, 6.07) is -0.114. The van der Waals surface area contributed by atoms with Gasteiger partial charge >= 0.3 is 0 Å². The first kappa shape index (κ1) is 16.9. The highest BCUT2D eigenvalue weighted by Crippen LogP contribution is 2.26. The molecule has 2 unspecified atom stereocenters. The molecule has 104 valence electrons. The number of nitrogens with two attached hydrogens (primary N) is 1. The molecule has 0 spiro atoms. The maximum atomic E-state index is 11.0. The Morgan fingerprint density at radius 1 is 1.29 bits per heavy atom. The fourth-order valence-electron chi connectivity index (χ4n) is 1.93. The molecular weight excluding hydrogens is 238 g/mol. The lowest BCUT2D eigenvalue weighted by Gasteiger charge is -2.35. The van der Waals surface area contributed by atoms with Crippen molar-refractivity contribution in [3.63, 3.8) is 0 Å². The second-order valence-electron chi connectivity index (χ2n) is 5.68. The minimum atomic E-state index is -2.89. The van der Waals surface area contributed by atoms with Gasteiger partial charge in [0.1, 0.15) is 9.84 Å². The summed E-state index contributed by atoms with van der Waals surface area (Å²) >= 11 is 0. The Morgan fingerprint density at radius 3 is 2.18 bits per heavy atom. The molecule has 0 saturated carbocycles. The summed E-state index contributed by atoms with van der Waals surface area (Å²) in [7, 11) is -2.89. The van der Waals surface area contributed by atoms with Crippen molar-refractivity contribution in [3.05, 3.63) is 0 Å². The maximum absolute atomic E-state index is 11.0. The van der Waals surface area contributed by atoms with Crippen LogP contribution in [0.5, 0.6) is 0 Å². The van der Waals surface area contributed by atoms with Gasteiger partial charge in [-0.2, -0.15) is 0 Å². The van der Waals surface area contributed by atoms with Gasteiger partial charge in [-0.05, 0) is 25.2 Å². The van der Waals surface area contributed by atoms with Gasteiger partial charge in [0.25, 0.3) is 0 Å². The number of rotatable bonds is 7. The van der Waals surface area contributed by atoms with Crippen molar-refractivity contribution in [2.45, 2.75) is 52.7 Å². The van der Waals surface area contributed by atoms with E-state index in [9.17, 15) is 8.42 Å². The molecule has 0 aromatic rings. The van der Waals surface area contributed by atoms with Crippen LogP contribution < -0.4 is 5.73 Å². The highest BCUT2D eigenvalue weighted by molar-refractivity contribution is 7.90. The molecule has 2 N–H and O–H groups in total. The number of sulfone groups is 1. The summed E-state index contributed by atoms with van der Waals surface area (Å²) in [5.74, 6) is 0.198. The summed E-state index contributed by atoms with van der Waals surface area (Å²) in [5.41, 5.74) is 6.07. The van der Waals surface area contributed by atoms with Crippen LogP contribution in [0.3, 0.4) is 0 Å². The van der Waals surface area contributed by atoms with Crippen LogP contribution in [0, 0.1) is 5.41 Å². The maximum Gasteiger partial charge on any atom is 0.147 e. The second kappa shape index (κ2) is 6.71. The van der Waals surface area contributed by atoms with Crippen LogP contribution in [0.4, 0.5) is 0 Å². The van der Waals surface area contributed by atoms with Gasteiger partial charge in [-0.3, -0.25) is 0 Å². The molecule has 0 aliphatic rings. The zero-order chi connectivity index (χ0) is 13.7. The largest absolute Gasteiger partial charge is 0.376 e. The monoisotopic (exact) mass is 265 g/mol. The molecule has 0 amide bonds. The van der Waals surface area contributed by atoms with E-state index in [0.717, 1.165) is 0 Å². The summed E-state index contributed by atoms with van der Waals surface area (Å²) < 4.78 is 27.7. The van der Waals surface area contributed by atoms with Gasteiger partial charge < -0.3 is 10.5 Å². The minimum Gasteiger partial charge on any atom is -0.376 e. The van der Waals surface area contributed by atoms with Crippen molar-refractivity contribution in [2.24, 2.45) is 11.1 Å². The third kappa shape index (κ3) is 7.73. The molecule has 0 saturated heterocycles. The number of ether oxygens (including phenoxy) is 1. The Hall–Kier alpha value is -0.130. The standard InChI is InChI=1S/C12H27NO3S/c1-6-16-11(12(2,3)4)10(13)8-7-9-17(5,14)15/h10-11H,6-9,13H2,1-5H3. The van der Waals surface area contributed by atoms with Gasteiger partial charge in [-0.15, -0.1) is 0 Å². The predicted octanol–water partition coefficient (Wildman–Crippen LogP) is 1.59. The fourth-order valence-corrected chi connectivity index (χ4v) is 2.62. The van der Waals surface area contributed by atoms with Crippen LogP contribution in [-0.4, -0.2) is 39.2 Å². The highest BCUT2D eigenvalue weighted by atomic mass is 32.2. The van der Waals surface area contributed by atoms with Crippen molar-refractivity contribution in [3.8, 4) is 0 Å². The molecule has 0 aromatic heterocycles. The molecule has 4 nitrogen and oxygen atoms in total. The third-order valence-corrected chi connectivity index (χ3v) is 3.67. The number of hydrogen-bond acceptors (Lipinski definition) is 4. The first-order chi connectivity index (χ1) is 7.58. The van der Waals surface area contributed by atoms with Gasteiger partial charge in [-0.25, -0.2) is 8.42 Å². The molecule has 0 heterocycles. The molecule has 2 atom stereocenters. The molecule has 0 bridgehead atoms. The summed E-state index contributed by atoms with van der Waals surface area (Å²) in [6.07, 6.45) is 2.49. The topological polar surface area (TPSA) is 69.4 Å². The Bertz CT molecular complexity index is 306. The van der Waals surface area contributed by atoms with Crippen molar-refractivity contribution < 1.29 is 13.2 Å². The van der Waals surface area contributed by atoms with Gasteiger partial charge in [0.05, 0.1) is 6.10 Å². The first-order valence-electron chi connectivity index (χ1n) is 6.13. The van der Waals surface area contributed by atoms with Gasteiger partial charge in [0.2, 0.25) is 0 Å². The number of hydrogen-bond donors (Lipinski definition) is 1. The van der Waals surface area contributed by atoms with E-state index in [0.29, 0.717) is 19.4 Å². The van der Waals surface area contributed by atoms with E-state index in [2.05, 4.69) is 20.8 Å². The van der Waals surface area contributed by atoms with Crippen LogP contribution in [0.25, 0.3) is 0 Å². The van der Waals surface area contributed by atoms with Crippen molar-refractivity contribution in [1.29, 1.82) is 0 Å². The summed E-state index contributed by atoms with van der Waals surface area (Å²) in [4.78, 5) is 0. The quantitative estimate of drug-likeness (QED) is 0.759. The van der Waals surface area contributed by atoms with Crippen LogP contribution in [0.15, 0.2) is 0 Å².